The van der Waals surface area contributed by atoms with Crippen LogP contribution in [-0.2, 0) is 6.61 Å². The Morgan fingerprint density at radius 2 is 1.68 bits per heavy atom. The van der Waals surface area contributed by atoms with E-state index in [-0.39, 0.29) is 6.61 Å². The zero-order chi connectivity index (χ0) is 17.5. The number of nitrogens with two attached hydrogens (primary N) is 1. The van der Waals surface area contributed by atoms with Crippen molar-refractivity contribution < 1.29 is 9.84 Å². The molecular weight excluding hydrogens is 314 g/mol. The zero-order valence-electron chi connectivity index (χ0n) is 14.6. The highest BCUT2D eigenvalue weighted by Crippen LogP contribution is 2.23. The maximum Gasteiger partial charge on any atom is 0.124 e. The summed E-state index contributed by atoms with van der Waals surface area (Å²) in [4.78, 5) is 4.83. The average molecular weight is 341 g/mol. The van der Waals surface area contributed by atoms with Crippen molar-refractivity contribution in [3.63, 3.8) is 0 Å². The largest absolute Gasteiger partial charge is 0.493 e. The predicted molar refractivity (Wildman–Crippen MR) is 102 cm³/mol. The first-order chi connectivity index (χ1) is 12.3. The molecule has 1 aliphatic heterocycles. The molecule has 0 saturated carbocycles. The van der Waals surface area contributed by atoms with Crippen LogP contribution in [0.3, 0.4) is 0 Å². The van der Waals surface area contributed by atoms with Gasteiger partial charge in [0.25, 0.3) is 0 Å². The van der Waals surface area contributed by atoms with E-state index in [0.717, 1.165) is 61.8 Å². The van der Waals surface area contributed by atoms with Gasteiger partial charge in [-0.1, -0.05) is 30.3 Å². The standard InChI is InChI=1S/C20H27N3O2/c21-18-7-2-3-8-19(18)23-13-11-22(12-14-23)10-5-15-25-20-9-4-1-6-17(20)16-24/h1-4,6-9,24H,5,10-16,21H2. The van der Waals surface area contributed by atoms with Gasteiger partial charge in [-0.3, -0.25) is 4.90 Å². The molecule has 3 rings (SSSR count). The van der Waals surface area contributed by atoms with Gasteiger partial charge in [0, 0.05) is 38.3 Å². The molecule has 0 spiro atoms. The summed E-state index contributed by atoms with van der Waals surface area (Å²) < 4.78 is 5.81. The van der Waals surface area contributed by atoms with E-state index in [1.54, 1.807) is 0 Å². The topological polar surface area (TPSA) is 62.0 Å². The molecular formula is C20H27N3O2. The number of benzene rings is 2. The normalized spacial score (nSPS) is 15.3. The summed E-state index contributed by atoms with van der Waals surface area (Å²) in [5, 5.41) is 9.32. The van der Waals surface area contributed by atoms with Crippen LogP contribution in [0.2, 0.25) is 0 Å². The lowest BCUT2D eigenvalue weighted by molar-refractivity contribution is 0.220. The fraction of sp³-hybridized carbons (Fsp3) is 0.400. The summed E-state index contributed by atoms with van der Waals surface area (Å²) in [6.45, 7) is 5.80. The summed E-state index contributed by atoms with van der Waals surface area (Å²) in [6.07, 6.45) is 0.979. The molecule has 1 fully saturated rings. The number of anilines is 2. The van der Waals surface area contributed by atoms with Crippen LogP contribution in [0.5, 0.6) is 5.75 Å². The first kappa shape index (κ1) is 17.6. The van der Waals surface area contributed by atoms with E-state index >= 15 is 0 Å². The van der Waals surface area contributed by atoms with Gasteiger partial charge in [0.15, 0.2) is 0 Å². The smallest absolute Gasteiger partial charge is 0.124 e. The number of hydrogen-bond acceptors (Lipinski definition) is 5. The molecule has 25 heavy (non-hydrogen) atoms. The second-order valence-electron chi connectivity index (χ2n) is 6.36. The van der Waals surface area contributed by atoms with Gasteiger partial charge in [-0.05, 0) is 24.6 Å². The molecule has 0 amide bonds. The predicted octanol–water partition coefficient (Wildman–Crippen LogP) is 2.35. The van der Waals surface area contributed by atoms with Crippen molar-refractivity contribution >= 4 is 11.4 Å². The van der Waals surface area contributed by atoms with Crippen LogP contribution in [0, 0.1) is 0 Å². The van der Waals surface area contributed by atoms with Crippen LogP contribution in [-0.4, -0.2) is 49.3 Å². The van der Waals surface area contributed by atoms with Crippen molar-refractivity contribution in [3.05, 3.63) is 54.1 Å². The number of aliphatic hydroxyl groups is 1. The van der Waals surface area contributed by atoms with Crippen molar-refractivity contribution in [2.75, 3.05) is 50.0 Å². The molecule has 2 aromatic rings. The Bertz CT molecular complexity index is 669. The van der Waals surface area contributed by atoms with Gasteiger partial charge in [-0.15, -0.1) is 0 Å². The molecule has 0 atom stereocenters. The second-order valence-corrected chi connectivity index (χ2v) is 6.36. The molecule has 0 aromatic heterocycles. The van der Waals surface area contributed by atoms with E-state index in [4.69, 9.17) is 10.5 Å². The summed E-state index contributed by atoms with van der Waals surface area (Å²) in [7, 11) is 0. The minimum Gasteiger partial charge on any atom is -0.493 e. The number of rotatable bonds is 7. The van der Waals surface area contributed by atoms with Crippen LogP contribution < -0.4 is 15.4 Å². The van der Waals surface area contributed by atoms with E-state index in [2.05, 4.69) is 15.9 Å². The molecule has 3 N–H and O–H groups in total. The van der Waals surface area contributed by atoms with Crippen LogP contribution in [0.1, 0.15) is 12.0 Å². The number of nitrogens with zero attached hydrogens (tertiary/aromatic N) is 2. The zero-order valence-corrected chi connectivity index (χ0v) is 14.6. The lowest BCUT2D eigenvalue weighted by Crippen LogP contribution is -2.47. The molecule has 0 bridgehead atoms. The van der Waals surface area contributed by atoms with Crippen molar-refractivity contribution in [2.45, 2.75) is 13.0 Å². The Balaban J connectivity index is 1.39. The van der Waals surface area contributed by atoms with Gasteiger partial charge in [0.05, 0.1) is 24.6 Å². The molecule has 1 heterocycles. The number of aliphatic hydroxyl groups excluding tert-OH is 1. The number of ether oxygens (including phenoxy) is 1. The third kappa shape index (κ3) is 4.65. The van der Waals surface area contributed by atoms with Crippen LogP contribution in [0.25, 0.3) is 0 Å². The Morgan fingerprint density at radius 3 is 2.44 bits per heavy atom. The first-order valence-electron chi connectivity index (χ1n) is 8.91. The van der Waals surface area contributed by atoms with Crippen molar-refractivity contribution in [1.29, 1.82) is 0 Å². The van der Waals surface area contributed by atoms with Gasteiger partial charge in [-0.25, -0.2) is 0 Å². The van der Waals surface area contributed by atoms with Gasteiger partial charge >= 0.3 is 0 Å². The van der Waals surface area contributed by atoms with E-state index in [9.17, 15) is 5.11 Å². The third-order valence-electron chi connectivity index (χ3n) is 4.67. The fourth-order valence-corrected chi connectivity index (χ4v) is 3.23. The van der Waals surface area contributed by atoms with Gasteiger partial charge in [-0.2, -0.15) is 0 Å². The van der Waals surface area contributed by atoms with Gasteiger partial charge in [0.2, 0.25) is 0 Å². The third-order valence-corrected chi connectivity index (χ3v) is 4.67. The van der Waals surface area contributed by atoms with Crippen LogP contribution in [0.15, 0.2) is 48.5 Å². The molecule has 0 aliphatic carbocycles. The molecule has 2 aromatic carbocycles. The fourth-order valence-electron chi connectivity index (χ4n) is 3.23. The lowest BCUT2D eigenvalue weighted by Gasteiger charge is -2.36. The highest BCUT2D eigenvalue weighted by molar-refractivity contribution is 5.67. The number of hydrogen-bond donors (Lipinski definition) is 2. The van der Waals surface area contributed by atoms with E-state index in [0.29, 0.717) is 6.61 Å². The minimum absolute atomic E-state index is 0.0146. The maximum absolute atomic E-state index is 9.32. The summed E-state index contributed by atoms with van der Waals surface area (Å²) in [5.41, 5.74) is 8.92. The Hall–Kier alpha value is -2.24. The number of para-hydroxylation sites is 3. The lowest BCUT2D eigenvalue weighted by atomic mass is 10.2. The minimum atomic E-state index is 0.0146. The highest BCUT2D eigenvalue weighted by atomic mass is 16.5. The van der Waals surface area contributed by atoms with Gasteiger partial charge in [0.1, 0.15) is 5.75 Å². The molecule has 5 heteroatoms. The Morgan fingerprint density at radius 1 is 0.960 bits per heavy atom. The Labute approximate surface area is 149 Å². The summed E-state index contributed by atoms with van der Waals surface area (Å²) in [6, 6.07) is 15.7. The Kier molecular flexibility index (Phi) is 6.14. The second kappa shape index (κ2) is 8.74. The summed E-state index contributed by atoms with van der Waals surface area (Å²) in [5.74, 6) is 0.786. The molecule has 134 valence electrons. The van der Waals surface area contributed by atoms with Crippen LogP contribution >= 0.6 is 0 Å². The summed E-state index contributed by atoms with van der Waals surface area (Å²) >= 11 is 0. The SMILES string of the molecule is Nc1ccccc1N1CCN(CCCOc2ccccc2CO)CC1. The van der Waals surface area contributed by atoms with Crippen molar-refractivity contribution in [2.24, 2.45) is 0 Å². The quantitative estimate of drug-likeness (QED) is 0.598. The highest BCUT2D eigenvalue weighted by Gasteiger charge is 2.18. The van der Waals surface area contributed by atoms with E-state index in [1.807, 2.05) is 42.5 Å². The van der Waals surface area contributed by atoms with Crippen molar-refractivity contribution in [3.8, 4) is 5.75 Å². The molecule has 0 unspecified atom stereocenters. The van der Waals surface area contributed by atoms with E-state index in [1.165, 1.54) is 0 Å². The van der Waals surface area contributed by atoms with Crippen molar-refractivity contribution in [1.82, 2.24) is 4.90 Å². The van der Waals surface area contributed by atoms with Crippen LogP contribution in [0.4, 0.5) is 11.4 Å². The molecule has 5 nitrogen and oxygen atoms in total. The average Bonchev–Trinajstić information content (AvgIpc) is 2.66. The monoisotopic (exact) mass is 341 g/mol. The maximum atomic E-state index is 9.32. The van der Waals surface area contributed by atoms with Gasteiger partial charge < -0.3 is 20.5 Å². The number of nitrogen functional groups attached to an aromatic ring is 1. The molecule has 0 radical (unpaired) electrons. The molecule has 1 aliphatic rings. The molecule has 1 saturated heterocycles. The van der Waals surface area contributed by atoms with E-state index < -0.39 is 0 Å². The first-order valence-corrected chi connectivity index (χ1v) is 8.91. The number of piperazine rings is 1.